The highest BCUT2D eigenvalue weighted by Crippen LogP contribution is 2.40. The third-order valence-corrected chi connectivity index (χ3v) is 7.16. The molecule has 2 aromatic carbocycles. The van der Waals surface area contributed by atoms with Crippen molar-refractivity contribution >= 4 is 12.1 Å². The lowest BCUT2D eigenvalue weighted by atomic mass is 9.99. The number of nitrogens with one attached hydrogen (secondary N) is 1. The first-order chi connectivity index (χ1) is 21.1. The van der Waals surface area contributed by atoms with Crippen molar-refractivity contribution in [1.29, 1.82) is 0 Å². The molecule has 2 heterocycles. The zero-order chi connectivity index (χ0) is 31.3. The maximum Gasteiger partial charge on any atom is 0.407 e. The van der Waals surface area contributed by atoms with Gasteiger partial charge in [-0.25, -0.2) is 9.59 Å². The monoisotopic (exact) mass is 596 g/mol. The zero-order valence-electron chi connectivity index (χ0n) is 26.0. The number of aromatic nitrogens is 3. The van der Waals surface area contributed by atoms with Gasteiger partial charge in [-0.1, -0.05) is 36.4 Å². The van der Waals surface area contributed by atoms with Crippen LogP contribution in [-0.2, 0) is 22.6 Å². The molecule has 1 fully saturated rings. The number of nitrogens with zero attached hydrogens (tertiary/aromatic N) is 3. The Bertz CT molecular complexity index is 1570. The number of ether oxygens (including phenoxy) is 3. The maximum absolute atomic E-state index is 13.5. The molecule has 1 aliphatic rings. The van der Waals surface area contributed by atoms with Crippen LogP contribution in [0, 0.1) is 0 Å². The summed E-state index contributed by atoms with van der Waals surface area (Å²) in [5.41, 5.74) is 4.97. The Morgan fingerprint density at radius 1 is 0.977 bits per heavy atom. The average Bonchev–Trinajstić information content (AvgIpc) is 3.77. The SMILES string of the molecule is CCOC(=O)c1c(-c2ccc(OCc3ccc(C4CC4)cc3)cc2)c(-c2ccncc2)nn1CC(C)NC(=O)OC(C)(C)C. The second kappa shape index (κ2) is 13.3. The minimum absolute atomic E-state index is 0.203. The van der Waals surface area contributed by atoms with Crippen LogP contribution in [0.5, 0.6) is 5.75 Å². The van der Waals surface area contributed by atoms with Crippen molar-refractivity contribution < 1.29 is 23.8 Å². The Balaban J connectivity index is 1.43. The summed E-state index contributed by atoms with van der Waals surface area (Å²) in [6.45, 7) is 9.89. The van der Waals surface area contributed by atoms with E-state index in [1.54, 1.807) is 44.8 Å². The fourth-order valence-corrected chi connectivity index (χ4v) is 4.99. The minimum Gasteiger partial charge on any atom is -0.489 e. The number of hydrogen-bond acceptors (Lipinski definition) is 7. The van der Waals surface area contributed by atoms with Crippen molar-refractivity contribution in [2.45, 2.75) is 78.2 Å². The lowest BCUT2D eigenvalue weighted by molar-refractivity contribution is 0.0502. The second-order valence-electron chi connectivity index (χ2n) is 12.1. The number of carbonyl (C=O) groups excluding carboxylic acids is 2. The summed E-state index contributed by atoms with van der Waals surface area (Å²) < 4.78 is 18.6. The van der Waals surface area contributed by atoms with Crippen molar-refractivity contribution in [3.63, 3.8) is 0 Å². The molecule has 1 amide bonds. The number of carbonyl (C=O) groups is 2. The van der Waals surface area contributed by atoms with Gasteiger partial charge >= 0.3 is 12.1 Å². The highest BCUT2D eigenvalue weighted by molar-refractivity contribution is 6.00. The van der Waals surface area contributed by atoms with Gasteiger partial charge in [0.1, 0.15) is 23.7 Å². The van der Waals surface area contributed by atoms with Gasteiger partial charge in [0.05, 0.1) is 13.2 Å². The predicted octanol–water partition coefficient (Wildman–Crippen LogP) is 7.16. The number of pyridine rings is 1. The molecular weight excluding hydrogens is 556 g/mol. The van der Waals surface area contributed by atoms with Crippen molar-refractivity contribution in [2.75, 3.05) is 6.61 Å². The van der Waals surface area contributed by atoms with Crippen LogP contribution >= 0.6 is 0 Å². The van der Waals surface area contributed by atoms with Crippen LogP contribution in [0.4, 0.5) is 4.79 Å². The van der Waals surface area contributed by atoms with Crippen LogP contribution in [0.1, 0.15) is 75.0 Å². The molecule has 1 N–H and O–H groups in total. The molecule has 0 spiro atoms. The normalized spacial score (nSPS) is 13.7. The van der Waals surface area contributed by atoms with Gasteiger partial charge in [-0.3, -0.25) is 9.67 Å². The van der Waals surface area contributed by atoms with Gasteiger partial charge in [-0.2, -0.15) is 5.10 Å². The predicted molar refractivity (Wildman–Crippen MR) is 168 cm³/mol. The molecule has 0 radical (unpaired) electrons. The van der Waals surface area contributed by atoms with E-state index in [-0.39, 0.29) is 13.2 Å². The van der Waals surface area contributed by atoms with E-state index < -0.39 is 23.7 Å². The van der Waals surface area contributed by atoms with E-state index in [2.05, 4.69) is 34.6 Å². The largest absolute Gasteiger partial charge is 0.489 e. The van der Waals surface area contributed by atoms with Crippen LogP contribution in [0.15, 0.2) is 73.1 Å². The Hall–Kier alpha value is -4.66. The summed E-state index contributed by atoms with van der Waals surface area (Å²) in [6.07, 6.45) is 5.39. The Morgan fingerprint density at radius 3 is 2.27 bits per heavy atom. The molecular formula is C35H40N4O5. The van der Waals surface area contributed by atoms with E-state index in [4.69, 9.17) is 19.3 Å². The second-order valence-corrected chi connectivity index (χ2v) is 12.1. The number of amides is 1. The molecule has 5 rings (SSSR count). The molecule has 9 heteroatoms. The number of rotatable bonds is 11. The first kappa shape index (κ1) is 30.8. The van der Waals surface area contributed by atoms with E-state index in [1.807, 2.05) is 43.3 Å². The van der Waals surface area contributed by atoms with E-state index in [0.29, 0.717) is 29.3 Å². The molecule has 44 heavy (non-hydrogen) atoms. The van der Waals surface area contributed by atoms with Gasteiger partial charge in [0.15, 0.2) is 5.69 Å². The summed E-state index contributed by atoms with van der Waals surface area (Å²) in [4.78, 5) is 30.0. The molecule has 2 aromatic heterocycles. The minimum atomic E-state index is -0.635. The van der Waals surface area contributed by atoms with E-state index >= 15 is 0 Å². The van der Waals surface area contributed by atoms with E-state index in [0.717, 1.165) is 22.6 Å². The molecule has 1 atom stereocenters. The topological polar surface area (TPSA) is 105 Å². The first-order valence-corrected chi connectivity index (χ1v) is 15.1. The molecule has 1 aliphatic carbocycles. The lowest BCUT2D eigenvalue weighted by Gasteiger charge is -2.22. The highest BCUT2D eigenvalue weighted by Gasteiger charge is 2.28. The molecule has 4 aromatic rings. The fraction of sp³-hybridized carbons (Fsp3) is 0.371. The fourth-order valence-electron chi connectivity index (χ4n) is 4.99. The molecule has 0 bridgehead atoms. The Labute approximate surface area is 258 Å². The third-order valence-electron chi connectivity index (χ3n) is 7.16. The van der Waals surface area contributed by atoms with Gasteiger partial charge in [0.2, 0.25) is 0 Å². The van der Waals surface area contributed by atoms with Gasteiger partial charge < -0.3 is 19.5 Å². The molecule has 230 valence electrons. The highest BCUT2D eigenvalue weighted by atomic mass is 16.6. The molecule has 1 saturated carbocycles. The number of hydrogen-bond donors (Lipinski definition) is 1. The van der Waals surface area contributed by atoms with Crippen molar-refractivity contribution in [2.24, 2.45) is 0 Å². The van der Waals surface area contributed by atoms with Gasteiger partial charge in [-0.05, 0) is 94.3 Å². The third kappa shape index (κ3) is 7.83. The molecule has 1 unspecified atom stereocenters. The number of alkyl carbamates (subject to hydrolysis) is 1. The van der Waals surface area contributed by atoms with Crippen LogP contribution in [0.3, 0.4) is 0 Å². The molecule has 0 saturated heterocycles. The van der Waals surface area contributed by atoms with Crippen molar-refractivity contribution in [3.8, 4) is 28.1 Å². The van der Waals surface area contributed by atoms with Crippen LogP contribution < -0.4 is 10.1 Å². The summed E-state index contributed by atoms with van der Waals surface area (Å²) >= 11 is 0. The van der Waals surface area contributed by atoms with Crippen molar-refractivity contribution in [1.82, 2.24) is 20.1 Å². The quantitative estimate of drug-likeness (QED) is 0.183. The smallest absolute Gasteiger partial charge is 0.407 e. The van der Waals surface area contributed by atoms with E-state index in [9.17, 15) is 9.59 Å². The lowest BCUT2D eigenvalue weighted by Crippen LogP contribution is -2.40. The summed E-state index contributed by atoms with van der Waals surface area (Å²) in [7, 11) is 0. The van der Waals surface area contributed by atoms with Gasteiger partial charge in [0, 0.05) is 29.6 Å². The standard InChI is InChI=1S/C35H40N4O5/c1-6-42-33(40)32-30(27-13-15-29(16-14-27)43-22-24-7-9-25(10-8-24)26-11-12-26)31(28-17-19-36-20-18-28)38-39(32)21-23(2)37-34(41)44-35(3,4)5/h7-10,13-20,23,26H,6,11-12,21-22H2,1-5H3,(H,37,41). The van der Waals surface area contributed by atoms with Crippen molar-refractivity contribution in [3.05, 3.63) is 89.9 Å². The maximum atomic E-state index is 13.5. The molecule has 0 aliphatic heterocycles. The molecule has 9 nitrogen and oxygen atoms in total. The Kier molecular flexibility index (Phi) is 9.32. The summed E-state index contributed by atoms with van der Waals surface area (Å²) in [5, 5.41) is 7.71. The Morgan fingerprint density at radius 2 is 1.66 bits per heavy atom. The number of esters is 1. The number of benzene rings is 2. The van der Waals surface area contributed by atoms with Crippen LogP contribution in [0.2, 0.25) is 0 Å². The van der Waals surface area contributed by atoms with Gasteiger partial charge in [0.25, 0.3) is 0 Å². The summed E-state index contributed by atoms with van der Waals surface area (Å²) in [5.74, 6) is 0.934. The summed E-state index contributed by atoms with van der Waals surface area (Å²) in [6, 6.07) is 19.6. The average molecular weight is 597 g/mol. The van der Waals surface area contributed by atoms with Crippen LogP contribution in [-0.4, -0.2) is 45.1 Å². The van der Waals surface area contributed by atoms with Crippen LogP contribution in [0.25, 0.3) is 22.4 Å². The van der Waals surface area contributed by atoms with E-state index in [1.165, 1.54) is 18.4 Å². The van der Waals surface area contributed by atoms with Gasteiger partial charge in [-0.15, -0.1) is 0 Å². The first-order valence-electron chi connectivity index (χ1n) is 15.1. The zero-order valence-corrected chi connectivity index (χ0v) is 26.0.